The van der Waals surface area contributed by atoms with Gasteiger partial charge in [0.05, 0.1) is 11.0 Å². The zero-order valence-electron chi connectivity index (χ0n) is 17.9. The lowest BCUT2D eigenvalue weighted by Gasteiger charge is -2.34. The summed E-state index contributed by atoms with van der Waals surface area (Å²) < 4.78 is 33.5. The number of nitrogens with zero attached hydrogens (tertiary/aromatic N) is 4. The first-order chi connectivity index (χ1) is 15.6. The first-order valence-corrected chi connectivity index (χ1v) is 12.5. The maximum absolute atomic E-state index is 13.2. The Bertz CT molecular complexity index is 1170. The van der Waals surface area contributed by atoms with Gasteiger partial charge in [-0.3, -0.25) is 0 Å². The number of sulfonamides is 1. The van der Waals surface area contributed by atoms with E-state index >= 15 is 0 Å². The summed E-state index contributed by atoms with van der Waals surface area (Å²) in [5.41, 5.74) is 0. The zero-order chi connectivity index (χ0) is 22.0. The van der Waals surface area contributed by atoms with E-state index in [-0.39, 0.29) is 6.10 Å². The van der Waals surface area contributed by atoms with Crippen LogP contribution in [0.2, 0.25) is 0 Å². The van der Waals surface area contributed by atoms with Crippen molar-refractivity contribution in [2.24, 2.45) is 0 Å². The highest BCUT2D eigenvalue weighted by molar-refractivity contribution is 7.89. The minimum absolute atomic E-state index is 0.245. The Morgan fingerprint density at radius 3 is 2.50 bits per heavy atom. The van der Waals surface area contributed by atoms with Gasteiger partial charge in [0.25, 0.3) is 0 Å². The maximum atomic E-state index is 13.2. The van der Waals surface area contributed by atoms with Gasteiger partial charge in [0.2, 0.25) is 10.0 Å². The topological polar surface area (TPSA) is 87.7 Å². The number of piperazine rings is 1. The number of nitrogens with one attached hydrogen (secondary N) is 1. The highest BCUT2D eigenvalue weighted by atomic mass is 32.2. The van der Waals surface area contributed by atoms with E-state index in [1.54, 1.807) is 16.4 Å². The van der Waals surface area contributed by atoms with Crippen molar-refractivity contribution in [1.82, 2.24) is 14.5 Å². The van der Waals surface area contributed by atoms with Crippen molar-refractivity contribution in [3.63, 3.8) is 0 Å². The monoisotopic (exact) mass is 453 g/mol. The van der Waals surface area contributed by atoms with Gasteiger partial charge in [0, 0.05) is 39.3 Å². The summed E-state index contributed by atoms with van der Waals surface area (Å²) in [6.45, 7) is 3.54. The average Bonchev–Trinajstić information content (AvgIpc) is 3.37. The molecular formula is C23H27N5O3S. The highest BCUT2D eigenvalue weighted by Crippen LogP contribution is 2.24. The Hall–Kier alpha value is -2.75. The molecule has 1 atom stereocenters. The van der Waals surface area contributed by atoms with Crippen molar-refractivity contribution in [3.05, 3.63) is 54.6 Å². The minimum Gasteiger partial charge on any atom is -0.376 e. The largest absolute Gasteiger partial charge is 0.376 e. The van der Waals surface area contributed by atoms with Crippen molar-refractivity contribution in [2.75, 3.05) is 49.5 Å². The molecule has 2 aromatic carbocycles. The molecule has 3 aromatic rings. The Labute approximate surface area is 188 Å². The van der Waals surface area contributed by atoms with Crippen LogP contribution in [0, 0.1) is 0 Å². The number of rotatable bonds is 6. The smallest absolute Gasteiger partial charge is 0.243 e. The lowest BCUT2D eigenvalue weighted by Crippen LogP contribution is -2.49. The molecule has 0 spiro atoms. The van der Waals surface area contributed by atoms with Crippen molar-refractivity contribution in [2.45, 2.75) is 23.8 Å². The lowest BCUT2D eigenvalue weighted by atomic mass is 10.1. The first kappa shape index (κ1) is 21.1. The average molecular weight is 454 g/mol. The second kappa shape index (κ2) is 9.01. The summed E-state index contributed by atoms with van der Waals surface area (Å²) in [5.74, 6) is 1.48. The number of hydrogen-bond acceptors (Lipinski definition) is 7. The predicted octanol–water partition coefficient (Wildman–Crippen LogP) is 2.73. The number of ether oxygens (including phenoxy) is 1. The standard InChI is InChI=1S/C23H27N5O3S/c29-32(30,21-8-7-18-4-1-2-5-19(18)16-21)28-13-11-27(12-14-28)23-10-9-22(25-26-23)24-17-20-6-3-15-31-20/h1-2,4-5,7-10,16,20H,3,6,11-15,17H2,(H,24,25). The van der Waals surface area contributed by atoms with Crippen LogP contribution in [0.1, 0.15) is 12.8 Å². The molecule has 3 heterocycles. The van der Waals surface area contributed by atoms with Crippen LogP contribution in [-0.2, 0) is 14.8 Å². The van der Waals surface area contributed by atoms with Crippen LogP contribution >= 0.6 is 0 Å². The fourth-order valence-electron chi connectivity index (χ4n) is 4.25. The second-order valence-corrected chi connectivity index (χ2v) is 10.1. The van der Waals surface area contributed by atoms with Crippen LogP contribution in [0.4, 0.5) is 11.6 Å². The van der Waals surface area contributed by atoms with Crippen LogP contribution in [0.5, 0.6) is 0 Å². The van der Waals surface area contributed by atoms with Gasteiger partial charge in [-0.25, -0.2) is 8.42 Å². The molecule has 8 nitrogen and oxygen atoms in total. The molecule has 2 fully saturated rings. The summed E-state index contributed by atoms with van der Waals surface area (Å²) in [6.07, 6.45) is 2.43. The maximum Gasteiger partial charge on any atom is 0.243 e. The van der Waals surface area contributed by atoms with E-state index in [1.165, 1.54) is 0 Å². The third-order valence-corrected chi connectivity index (χ3v) is 8.00. The molecule has 1 unspecified atom stereocenters. The van der Waals surface area contributed by atoms with E-state index < -0.39 is 10.0 Å². The van der Waals surface area contributed by atoms with Crippen molar-refractivity contribution < 1.29 is 13.2 Å². The molecule has 2 aliphatic rings. The van der Waals surface area contributed by atoms with Gasteiger partial charge < -0.3 is 15.0 Å². The summed E-state index contributed by atoms with van der Waals surface area (Å²) >= 11 is 0. The van der Waals surface area contributed by atoms with E-state index in [1.807, 2.05) is 42.5 Å². The number of benzene rings is 2. The number of hydrogen-bond donors (Lipinski definition) is 1. The number of aromatic nitrogens is 2. The van der Waals surface area contributed by atoms with Crippen LogP contribution < -0.4 is 10.2 Å². The molecule has 1 N–H and O–H groups in total. The van der Waals surface area contributed by atoms with E-state index in [2.05, 4.69) is 20.4 Å². The number of fused-ring (bicyclic) bond motifs is 1. The second-order valence-electron chi connectivity index (χ2n) is 8.19. The zero-order valence-corrected chi connectivity index (χ0v) is 18.7. The Balaban J connectivity index is 1.20. The molecule has 0 saturated carbocycles. The SMILES string of the molecule is O=S(=O)(c1ccc2ccccc2c1)N1CCN(c2ccc(NCC3CCCO3)nn2)CC1. The molecule has 9 heteroatoms. The molecule has 0 aliphatic carbocycles. The van der Waals surface area contributed by atoms with Gasteiger partial charge in [0.1, 0.15) is 5.82 Å². The molecule has 1 aromatic heterocycles. The fraction of sp³-hybridized carbons (Fsp3) is 0.391. The number of anilines is 2. The highest BCUT2D eigenvalue weighted by Gasteiger charge is 2.29. The van der Waals surface area contributed by atoms with Crippen molar-refractivity contribution >= 4 is 32.4 Å². The van der Waals surface area contributed by atoms with Gasteiger partial charge in [-0.1, -0.05) is 30.3 Å². The molecule has 5 rings (SSSR count). The molecule has 2 saturated heterocycles. The van der Waals surface area contributed by atoms with E-state index in [0.29, 0.717) is 31.1 Å². The summed E-state index contributed by atoms with van der Waals surface area (Å²) in [7, 11) is -3.53. The van der Waals surface area contributed by atoms with Crippen molar-refractivity contribution in [1.29, 1.82) is 0 Å². The van der Waals surface area contributed by atoms with Gasteiger partial charge in [-0.05, 0) is 47.9 Å². The quantitative estimate of drug-likeness (QED) is 0.614. The lowest BCUT2D eigenvalue weighted by molar-refractivity contribution is 0.120. The Morgan fingerprint density at radius 2 is 1.78 bits per heavy atom. The normalized spacial score (nSPS) is 20.0. The summed E-state index contributed by atoms with van der Waals surface area (Å²) in [4.78, 5) is 2.41. The third kappa shape index (κ3) is 4.41. The van der Waals surface area contributed by atoms with Gasteiger partial charge in [0.15, 0.2) is 5.82 Å². The summed E-state index contributed by atoms with van der Waals surface area (Å²) in [5, 5.41) is 13.8. The molecule has 0 amide bonds. The predicted molar refractivity (Wildman–Crippen MR) is 124 cm³/mol. The van der Waals surface area contributed by atoms with Gasteiger partial charge >= 0.3 is 0 Å². The molecule has 0 bridgehead atoms. The molecule has 2 aliphatic heterocycles. The fourth-order valence-corrected chi connectivity index (χ4v) is 5.70. The molecule has 32 heavy (non-hydrogen) atoms. The van der Waals surface area contributed by atoms with Crippen LogP contribution in [0.25, 0.3) is 10.8 Å². The van der Waals surface area contributed by atoms with E-state index in [0.717, 1.165) is 48.4 Å². The Kier molecular flexibility index (Phi) is 5.95. The van der Waals surface area contributed by atoms with Crippen molar-refractivity contribution in [3.8, 4) is 0 Å². The van der Waals surface area contributed by atoms with E-state index in [4.69, 9.17) is 4.74 Å². The minimum atomic E-state index is -3.53. The van der Waals surface area contributed by atoms with E-state index in [9.17, 15) is 8.42 Å². The van der Waals surface area contributed by atoms with Gasteiger partial charge in [-0.15, -0.1) is 10.2 Å². The van der Waals surface area contributed by atoms with Gasteiger partial charge in [-0.2, -0.15) is 4.31 Å². The molecule has 0 radical (unpaired) electrons. The molecule has 168 valence electrons. The van der Waals surface area contributed by atoms with Crippen LogP contribution in [0.15, 0.2) is 59.5 Å². The summed E-state index contributed by atoms with van der Waals surface area (Å²) in [6, 6.07) is 16.9. The third-order valence-electron chi connectivity index (χ3n) is 6.11. The first-order valence-electron chi connectivity index (χ1n) is 11.0. The Morgan fingerprint density at radius 1 is 0.969 bits per heavy atom. The van der Waals surface area contributed by atoms with Crippen LogP contribution in [0.3, 0.4) is 0 Å². The molecular weight excluding hydrogens is 426 g/mol. The van der Waals surface area contributed by atoms with Crippen LogP contribution in [-0.4, -0.2) is 68.4 Å².